The molecule has 1 aromatic carbocycles. The lowest BCUT2D eigenvalue weighted by atomic mass is 9.84. The average molecular weight is 272 g/mol. The molecular weight excluding hydrogens is 255 g/mol. The summed E-state index contributed by atoms with van der Waals surface area (Å²) in [7, 11) is -0.544. The highest BCUT2D eigenvalue weighted by Gasteiger charge is 2.39. The zero-order chi connectivity index (χ0) is 14.3. The van der Waals surface area contributed by atoms with Gasteiger partial charge in [0.05, 0.1) is 11.1 Å². The minimum Gasteiger partial charge on any atom is -0.437 e. The monoisotopic (exact) mass is 272 g/mol. The van der Waals surface area contributed by atoms with Crippen LogP contribution in [0.3, 0.4) is 0 Å². The van der Waals surface area contributed by atoms with Gasteiger partial charge in [0.25, 0.3) is 11.8 Å². The van der Waals surface area contributed by atoms with Crippen molar-refractivity contribution in [3.05, 3.63) is 35.4 Å². The average Bonchev–Trinajstić information content (AvgIpc) is 2.99. The molecular formula is C14H17BN2O3. The maximum atomic E-state index is 12.3. The molecule has 20 heavy (non-hydrogen) atoms. The third-order valence-electron chi connectivity index (χ3n) is 4.17. The summed E-state index contributed by atoms with van der Waals surface area (Å²) in [5.41, 5.74) is 0.971. The minimum atomic E-state index is -0.544. The minimum absolute atomic E-state index is 0.0530. The number of amides is 2. The molecule has 2 aliphatic heterocycles. The Hall–Kier alpha value is -1.66. The molecule has 3 rings (SSSR count). The molecule has 1 fully saturated rings. The Kier molecular flexibility index (Phi) is 3.35. The SMILES string of the molecule is CB(O)N1CCC[C@H]1CN1C(=O)c2ccccc2C1=O. The molecule has 2 heterocycles. The van der Waals surface area contributed by atoms with Gasteiger partial charge in [-0.3, -0.25) is 14.5 Å². The summed E-state index contributed by atoms with van der Waals surface area (Å²) in [5.74, 6) is -0.439. The number of carbonyl (C=O) groups is 2. The summed E-state index contributed by atoms with van der Waals surface area (Å²) in [6.07, 6.45) is 1.89. The number of nitrogens with zero attached hydrogens (tertiary/aromatic N) is 2. The second-order valence-corrected chi connectivity index (χ2v) is 5.43. The van der Waals surface area contributed by atoms with Crippen LogP contribution in [0.1, 0.15) is 33.6 Å². The van der Waals surface area contributed by atoms with Crippen molar-refractivity contribution in [2.24, 2.45) is 0 Å². The van der Waals surface area contributed by atoms with Crippen molar-refractivity contribution in [2.75, 3.05) is 13.1 Å². The Labute approximate surface area is 118 Å². The smallest absolute Gasteiger partial charge is 0.376 e. The van der Waals surface area contributed by atoms with E-state index in [1.165, 1.54) is 4.90 Å². The molecule has 0 saturated carbocycles. The number of imide groups is 1. The van der Waals surface area contributed by atoms with Gasteiger partial charge >= 0.3 is 7.05 Å². The molecule has 0 unspecified atom stereocenters. The molecule has 1 atom stereocenters. The Morgan fingerprint density at radius 1 is 1.25 bits per heavy atom. The van der Waals surface area contributed by atoms with E-state index in [1.54, 1.807) is 31.1 Å². The van der Waals surface area contributed by atoms with Gasteiger partial charge in [-0.1, -0.05) is 12.1 Å². The van der Waals surface area contributed by atoms with E-state index in [1.807, 2.05) is 4.81 Å². The van der Waals surface area contributed by atoms with Crippen molar-refractivity contribution >= 4 is 18.9 Å². The maximum Gasteiger partial charge on any atom is 0.376 e. The highest BCUT2D eigenvalue weighted by Crippen LogP contribution is 2.26. The van der Waals surface area contributed by atoms with E-state index in [4.69, 9.17) is 0 Å². The molecule has 5 nitrogen and oxygen atoms in total. The first-order chi connectivity index (χ1) is 9.59. The quantitative estimate of drug-likeness (QED) is 0.654. The molecule has 1 saturated heterocycles. The van der Waals surface area contributed by atoms with Crippen LogP contribution in [0, 0.1) is 0 Å². The van der Waals surface area contributed by atoms with Crippen LogP contribution in [0.25, 0.3) is 0 Å². The fourth-order valence-electron chi connectivity index (χ4n) is 3.16. The third kappa shape index (κ3) is 2.05. The molecule has 6 heteroatoms. The summed E-state index contributed by atoms with van der Waals surface area (Å²) >= 11 is 0. The van der Waals surface area contributed by atoms with Gasteiger partial charge in [0, 0.05) is 12.6 Å². The number of fused-ring (bicyclic) bond motifs is 1. The molecule has 2 aliphatic rings. The summed E-state index contributed by atoms with van der Waals surface area (Å²) in [5, 5.41) is 9.74. The lowest BCUT2D eigenvalue weighted by molar-refractivity contribution is 0.0625. The van der Waals surface area contributed by atoms with Gasteiger partial charge in [0.1, 0.15) is 0 Å². The number of carbonyl (C=O) groups excluding carboxylic acids is 2. The fourth-order valence-corrected chi connectivity index (χ4v) is 3.16. The molecule has 1 N–H and O–H groups in total. The van der Waals surface area contributed by atoms with Crippen LogP contribution in [0.5, 0.6) is 0 Å². The van der Waals surface area contributed by atoms with Crippen molar-refractivity contribution in [2.45, 2.75) is 25.7 Å². The molecule has 1 aromatic rings. The van der Waals surface area contributed by atoms with Gasteiger partial charge in [-0.05, 0) is 38.3 Å². The van der Waals surface area contributed by atoms with E-state index in [0.29, 0.717) is 17.7 Å². The first-order valence-corrected chi connectivity index (χ1v) is 6.98. The van der Waals surface area contributed by atoms with Crippen LogP contribution in [-0.4, -0.2) is 52.7 Å². The Balaban J connectivity index is 1.80. The van der Waals surface area contributed by atoms with Crippen molar-refractivity contribution < 1.29 is 14.6 Å². The molecule has 0 spiro atoms. The van der Waals surface area contributed by atoms with Gasteiger partial charge in [0.2, 0.25) is 0 Å². The van der Waals surface area contributed by atoms with Crippen molar-refractivity contribution in [1.29, 1.82) is 0 Å². The predicted octanol–water partition coefficient (Wildman–Crippen LogP) is 0.857. The second-order valence-electron chi connectivity index (χ2n) is 5.43. The van der Waals surface area contributed by atoms with E-state index in [0.717, 1.165) is 19.4 Å². The van der Waals surface area contributed by atoms with Crippen LogP contribution in [0.15, 0.2) is 24.3 Å². The third-order valence-corrected chi connectivity index (χ3v) is 4.17. The second kappa shape index (κ2) is 5.03. The van der Waals surface area contributed by atoms with Crippen LogP contribution < -0.4 is 0 Å². The van der Waals surface area contributed by atoms with Gasteiger partial charge in [-0.25, -0.2) is 0 Å². The van der Waals surface area contributed by atoms with Crippen molar-refractivity contribution in [3.8, 4) is 0 Å². The highest BCUT2D eigenvalue weighted by molar-refractivity contribution is 6.45. The maximum absolute atomic E-state index is 12.3. The van der Waals surface area contributed by atoms with Gasteiger partial charge in [0.15, 0.2) is 0 Å². The first kappa shape index (κ1) is 13.3. The normalized spacial score (nSPS) is 22.5. The fraction of sp³-hybridized carbons (Fsp3) is 0.429. The number of benzene rings is 1. The summed E-state index contributed by atoms with van der Waals surface area (Å²) in [4.78, 5) is 27.9. The lowest BCUT2D eigenvalue weighted by Gasteiger charge is -2.28. The van der Waals surface area contributed by atoms with E-state index in [9.17, 15) is 14.6 Å². The van der Waals surface area contributed by atoms with E-state index in [2.05, 4.69) is 0 Å². The summed E-state index contributed by atoms with van der Waals surface area (Å²) in [6.45, 7) is 2.89. The van der Waals surface area contributed by atoms with Gasteiger partial charge in [-0.2, -0.15) is 0 Å². The van der Waals surface area contributed by atoms with E-state index < -0.39 is 7.05 Å². The van der Waals surface area contributed by atoms with Crippen LogP contribution in [0.4, 0.5) is 0 Å². The van der Waals surface area contributed by atoms with Crippen molar-refractivity contribution in [3.63, 3.8) is 0 Å². The highest BCUT2D eigenvalue weighted by atomic mass is 16.2. The molecule has 2 amide bonds. The van der Waals surface area contributed by atoms with E-state index in [-0.39, 0.29) is 17.9 Å². The Morgan fingerprint density at radius 3 is 2.40 bits per heavy atom. The number of hydrogen-bond donors (Lipinski definition) is 1. The topological polar surface area (TPSA) is 60.9 Å². The Bertz CT molecular complexity index is 526. The van der Waals surface area contributed by atoms with Crippen LogP contribution >= 0.6 is 0 Å². The molecule has 0 aromatic heterocycles. The van der Waals surface area contributed by atoms with Gasteiger partial charge in [-0.15, -0.1) is 0 Å². The van der Waals surface area contributed by atoms with Crippen LogP contribution in [-0.2, 0) is 0 Å². The largest absolute Gasteiger partial charge is 0.437 e. The Morgan fingerprint density at radius 2 is 1.85 bits per heavy atom. The molecule has 0 aliphatic carbocycles. The molecule has 0 radical (unpaired) electrons. The van der Waals surface area contributed by atoms with Gasteiger partial charge < -0.3 is 9.83 Å². The lowest BCUT2D eigenvalue weighted by Crippen LogP contribution is -2.47. The van der Waals surface area contributed by atoms with Crippen LogP contribution in [0.2, 0.25) is 6.82 Å². The first-order valence-electron chi connectivity index (χ1n) is 6.98. The number of rotatable bonds is 3. The molecule has 104 valence electrons. The standard InChI is InChI=1S/C14H17BN2O3/c1-15(20)17-8-4-5-10(17)9-16-13(18)11-6-2-3-7-12(11)14(16)19/h2-3,6-7,10,20H,4-5,8-9H2,1H3/t10-/m0/s1. The van der Waals surface area contributed by atoms with Crippen molar-refractivity contribution in [1.82, 2.24) is 9.71 Å². The van der Waals surface area contributed by atoms with E-state index >= 15 is 0 Å². The molecule has 0 bridgehead atoms. The zero-order valence-corrected chi connectivity index (χ0v) is 11.5. The summed E-state index contributed by atoms with van der Waals surface area (Å²) < 4.78 is 0. The number of hydrogen-bond acceptors (Lipinski definition) is 4. The predicted molar refractivity (Wildman–Crippen MR) is 75.4 cm³/mol. The zero-order valence-electron chi connectivity index (χ0n) is 11.5. The summed E-state index contributed by atoms with van der Waals surface area (Å²) in [6, 6.07) is 6.97.